The maximum atomic E-state index is 12.3. The van der Waals surface area contributed by atoms with E-state index in [1.54, 1.807) is 12.1 Å². The number of amides is 1. The summed E-state index contributed by atoms with van der Waals surface area (Å²) >= 11 is 0. The Kier molecular flexibility index (Phi) is 5.57. The summed E-state index contributed by atoms with van der Waals surface area (Å²) in [5, 5.41) is 2.81. The van der Waals surface area contributed by atoms with Gasteiger partial charge in [0.25, 0.3) is 0 Å². The third-order valence-electron chi connectivity index (χ3n) is 4.01. The van der Waals surface area contributed by atoms with E-state index in [9.17, 15) is 13.6 Å². The highest BCUT2D eigenvalue weighted by molar-refractivity contribution is 5.82. The molecule has 2 aromatic rings. The Hall–Kier alpha value is -2.51. The number of halogens is 2. The summed E-state index contributed by atoms with van der Waals surface area (Å²) in [5.41, 5.74) is 7.92. The van der Waals surface area contributed by atoms with Gasteiger partial charge in [-0.1, -0.05) is 42.5 Å². The van der Waals surface area contributed by atoms with Crippen LogP contribution in [0.5, 0.6) is 5.75 Å². The first-order chi connectivity index (χ1) is 12.1. The first-order valence-corrected chi connectivity index (χ1v) is 7.99. The van der Waals surface area contributed by atoms with Gasteiger partial charge in [0, 0.05) is 12.6 Å². The summed E-state index contributed by atoms with van der Waals surface area (Å²) in [7, 11) is 0. The van der Waals surface area contributed by atoms with Crippen molar-refractivity contribution in [2.75, 3.05) is 0 Å². The van der Waals surface area contributed by atoms with Crippen LogP contribution in [0.3, 0.4) is 0 Å². The molecule has 0 bridgehead atoms. The minimum Gasteiger partial charge on any atom is -0.435 e. The van der Waals surface area contributed by atoms with E-state index in [4.69, 9.17) is 0 Å². The molecule has 1 aliphatic heterocycles. The van der Waals surface area contributed by atoms with Crippen LogP contribution in [0.2, 0.25) is 0 Å². The summed E-state index contributed by atoms with van der Waals surface area (Å²) in [6.07, 6.45) is 0.629. The Bertz CT molecular complexity index is 712. The molecule has 3 rings (SSSR count). The lowest BCUT2D eigenvalue weighted by Gasteiger charge is -2.12. The lowest BCUT2D eigenvalue weighted by atomic mass is 10.0. The van der Waals surface area contributed by atoms with Crippen molar-refractivity contribution in [1.82, 2.24) is 16.2 Å². The smallest absolute Gasteiger partial charge is 0.387 e. The summed E-state index contributed by atoms with van der Waals surface area (Å²) in [6.45, 7) is -2.62. The normalized spacial score (nSPS) is 19.8. The van der Waals surface area contributed by atoms with E-state index < -0.39 is 6.61 Å². The molecule has 1 heterocycles. The molecule has 5 nitrogen and oxygen atoms in total. The van der Waals surface area contributed by atoms with Crippen LogP contribution < -0.4 is 20.9 Å². The number of benzene rings is 2. The Morgan fingerprint density at radius 2 is 1.96 bits per heavy atom. The predicted octanol–water partition coefficient (Wildman–Crippen LogP) is 2.51. The van der Waals surface area contributed by atoms with Gasteiger partial charge in [0.05, 0.1) is 0 Å². The van der Waals surface area contributed by atoms with E-state index in [0.29, 0.717) is 12.0 Å². The summed E-state index contributed by atoms with van der Waals surface area (Å²) in [6, 6.07) is 15.9. The van der Waals surface area contributed by atoms with E-state index in [1.807, 2.05) is 30.3 Å². The highest BCUT2D eigenvalue weighted by Crippen LogP contribution is 2.22. The van der Waals surface area contributed by atoms with Crippen molar-refractivity contribution in [3.8, 4) is 5.75 Å². The third kappa shape index (κ3) is 4.74. The zero-order chi connectivity index (χ0) is 17.6. The fourth-order valence-electron chi connectivity index (χ4n) is 2.78. The predicted molar refractivity (Wildman–Crippen MR) is 88.8 cm³/mol. The molecule has 0 aliphatic carbocycles. The SMILES string of the molecule is O=C(NCc1cccc(OC(F)F)c1)C1CC(c2ccccc2)NN1. The maximum absolute atomic E-state index is 12.3. The summed E-state index contributed by atoms with van der Waals surface area (Å²) in [4.78, 5) is 12.3. The quantitative estimate of drug-likeness (QED) is 0.751. The second-order valence-electron chi connectivity index (χ2n) is 5.78. The van der Waals surface area contributed by atoms with Crippen LogP contribution in [-0.4, -0.2) is 18.6 Å². The summed E-state index contributed by atoms with van der Waals surface area (Å²) in [5.74, 6) is -0.0716. The molecule has 2 unspecified atom stereocenters. The van der Waals surface area contributed by atoms with Crippen LogP contribution in [0.25, 0.3) is 0 Å². The number of hydrogen-bond acceptors (Lipinski definition) is 4. The number of alkyl halides is 2. The average molecular weight is 347 g/mol. The minimum absolute atomic E-state index is 0.0692. The monoisotopic (exact) mass is 347 g/mol. The van der Waals surface area contributed by atoms with Gasteiger partial charge in [0.2, 0.25) is 5.91 Å². The molecule has 0 aromatic heterocycles. The molecule has 1 fully saturated rings. The molecule has 1 aliphatic rings. The molecule has 3 N–H and O–H groups in total. The van der Waals surface area contributed by atoms with Crippen LogP contribution in [0.15, 0.2) is 54.6 Å². The van der Waals surface area contributed by atoms with E-state index in [-0.39, 0.29) is 30.3 Å². The van der Waals surface area contributed by atoms with Crippen LogP contribution in [-0.2, 0) is 11.3 Å². The zero-order valence-corrected chi connectivity index (χ0v) is 13.4. The number of rotatable bonds is 6. The molecule has 132 valence electrons. The number of hydrogen-bond donors (Lipinski definition) is 3. The third-order valence-corrected chi connectivity index (χ3v) is 4.01. The molecule has 0 saturated carbocycles. The van der Waals surface area contributed by atoms with E-state index >= 15 is 0 Å². The zero-order valence-electron chi connectivity index (χ0n) is 13.4. The highest BCUT2D eigenvalue weighted by Gasteiger charge is 2.29. The van der Waals surface area contributed by atoms with Crippen molar-refractivity contribution in [3.05, 3.63) is 65.7 Å². The molecule has 0 radical (unpaired) electrons. The Morgan fingerprint density at radius 3 is 2.72 bits per heavy atom. The molecule has 1 amide bonds. The van der Waals surface area contributed by atoms with Crippen LogP contribution >= 0.6 is 0 Å². The maximum Gasteiger partial charge on any atom is 0.387 e. The van der Waals surface area contributed by atoms with Crippen molar-refractivity contribution >= 4 is 5.91 Å². The van der Waals surface area contributed by atoms with Gasteiger partial charge in [-0.25, -0.2) is 10.9 Å². The topological polar surface area (TPSA) is 62.4 Å². The molecule has 7 heteroatoms. The Balaban J connectivity index is 1.52. The first-order valence-electron chi connectivity index (χ1n) is 7.99. The second-order valence-corrected chi connectivity index (χ2v) is 5.78. The Labute approximate surface area is 144 Å². The fraction of sp³-hybridized carbons (Fsp3) is 0.278. The van der Waals surface area contributed by atoms with Gasteiger partial charge in [-0.05, 0) is 29.7 Å². The van der Waals surface area contributed by atoms with Gasteiger partial charge in [-0.3, -0.25) is 4.79 Å². The van der Waals surface area contributed by atoms with Crippen molar-refractivity contribution in [1.29, 1.82) is 0 Å². The standard InChI is InChI=1S/C18H19F2N3O2/c19-18(20)25-14-8-4-5-12(9-14)11-21-17(24)16-10-15(22-23-16)13-6-2-1-3-7-13/h1-9,15-16,18,22-23H,10-11H2,(H,21,24). The van der Waals surface area contributed by atoms with Crippen LogP contribution in [0, 0.1) is 0 Å². The van der Waals surface area contributed by atoms with Gasteiger partial charge in [0.1, 0.15) is 11.8 Å². The first kappa shape index (κ1) is 17.3. The van der Waals surface area contributed by atoms with E-state index in [2.05, 4.69) is 20.9 Å². The minimum atomic E-state index is -2.87. The van der Waals surface area contributed by atoms with Crippen molar-refractivity contribution in [2.24, 2.45) is 0 Å². The van der Waals surface area contributed by atoms with Gasteiger partial charge < -0.3 is 10.1 Å². The van der Waals surface area contributed by atoms with Crippen molar-refractivity contribution in [2.45, 2.75) is 31.7 Å². The fourth-order valence-corrected chi connectivity index (χ4v) is 2.78. The van der Waals surface area contributed by atoms with Crippen LogP contribution in [0.4, 0.5) is 8.78 Å². The van der Waals surface area contributed by atoms with Gasteiger partial charge in [-0.2, -0.15) is 8.78 Å². The number of nitrogens with one attached hydrogen (secondary N) is 3. The highest BCUT2D eigenvalue weighted by atomic mass is 19.3. The lowest BCUT2D eigenvalue weighted by Crippen LogP contribution is -2.42. The van der Waals surface area contributed by atoms with Gasteiger partial charge >= 0.3 is 6.61 Å². The number of ether oxygens (including phenoxy) is 1. The molecule has 0 spiro atoms. The molecule has 1 saturated heterocycles. The van der Waals surface area contributed by atoms with Gasteiger partial charge in [0.15, 0.2) is 0 Å². The average Bonchev–Trinajstić information content (AvgIpc) is 3.10. The van der Waals surface area contributed by atoms with E-state index in [0.717, 1.165) is 5.56 Å². The van der Waals surface area contributed by atoms with Crippen LogP contribution in [0.1, 0.15) is 23.6 Å². The molecule has 25 heavy (non-hydrogen) atoms. The molecular formula is C18H19F2N3O2. The van der Waals surface area contributed by atoms with E-state index in [1.165, 1.54) is 12.1 Å². The molecular weight excluding hydrogens is 328 g/mol. The second kappa shape index (κ2) is 8.04. The largest absolute Gasteiger partial charge is 0.435 e. The molecule has 2 aromatic carbocycles. The Morgan fingerprint density at radius 1 is 1.16 bits per heavy atom. The summed E-state index contributed by atoms with van der Waals surface area (Å²) < 4.78 is 28.8. The number of carbonyl (C=O) groups is 1. The molecule has 2 atom stereocenters. The number of hydrazine groups is 1. The number of carbonyl (C=O) groups excluding carboxylic acids is 1. The van der Waals surface area contributed by atoms with Gasteiger partial charge in [-0.15, -0.1) is 0 Å². The lowest BCUT2D eigenvalue weighted by molar-refractivity contribution is -0.123. The van der Waals surface area contributed by atoms with Crippen molar-refractivity contribution < 1.29 is 18.3 Å². The van der Waals surface area contributed by atoms with Crippen molar-refractivity contribution in [3.63, 3.8) is 0 Å².